The van der Waals surface area contributed by atoms with Gasteiger partial charge in [-0.15, -0.1) is 0 Å². The number of sulfonamides is 1. The second-order valence-electron chi connectivity index (χ2n) is 7.93. The number of anilines is 1. The maximum Gasteiger partial charge on any atom is 0.410 e. The number of hydrogen-bond donors (Lipinski definition) is 2. The van der Waals surface area contributed by atoms with Crippen LogP contribution in [0.15, 0.2) is 23.4 Å². The Labute approximate surface area is 161 Å². The number of aromatic nitrogens is 1. The van der Waals surface area contributed by atoms with Crippen LogP contribution < -0.4 is 10.5 Å². The van der Waals surface area contributed by atoms with E-state index in [-0.39, 0.29) is 11.1 Å². The largest absolute Gasteiger partial charge is 0.444 e. The van der Waals surface area contributed by atoms with Crippen LogP contribution in [0.25, 0.3) is 0 Å². The Balaban J connectivity index is 1.63. The van der Waals surface area contributed by atoms with Crippen LogP contribution in [0.3, 0.4) is 0 Å². The summed E-state index contributed by atoms with van der Waals surface area (Å²) in [5.74, 6) is 0.522. The fourth-order valence-electron chi connectivity index (χ4n) is 3.00. The number of unbranched alkanes of at least 4 members (excludes halogenated alkanes) is 1. The van der Waals surface area contributed by atoms with Crippen LogP contribution in [0, 0.1) is 5.92 Å². The number of amides is 1. The van der Waals surface area contributed by atoms with Gasteiger partial charge in [0.15, 0.2) is 5.03 Å². The quantitative estimate of drug-likeness (QED) is 0.682. The van der Waals surface area contributed by atoms with Gasteiger partial charge in [0.1, 0.15) is 5.60 Å². The molecule has 0 saturated carbocycles. The van der Waals surface area contributed by atoms with E-state index in [0.717, 1.165) is 51.0 Å². The van der Waals surface area contributed by atoms with Crippen LogP contribution in [0.5, 0.6) is 0 Å². The van der Waals surface area contributed by atoms with E-state index >= 15 is 0 Å². The summed E-state index contributed by atoms with van der Waals surface area (Å²) >= 11 is 0. The zero-order valence-corrected chi connectivity index (χ0v) is 17.1. The number of rotatable bonds is 7. The van der Waals surface area contributed by atoms with Gasteiger partial charge >= 0.3 is 6.09 Å². The molecule has 0 radical (unpaired) electrons. The van der Waals surface area contributed by atoms with Crippen molar-refractivity contribution >= 4 is 21.8 Å². The van der Waals surface area contributed by atoms with Crippen molar-refractivity contribution in [2.45, 2.75) is 57.1 Å². The summed E-state index contributed by atoms with van der Waals surface area (Å²) in [5, 5.41) is 8.11. The van der Waals surface area contributed by atoms with Gasteiger partial charge in [-0.2, -0.15) is 0 Å². The van der Waals surface area contributed by atoms with E-state index in [1.165, 1.54) is 12.3 Å². The number of nitrogens with one attached hydrogen (secondary N) is 1. The molecule has 1 aromatic heterocycles. The van der Waals surface area contributed by atoms with Gasteiger partial charge in [-0.3, -0.25) is 0 Å². The van der Waals surface area contributed by atoms with Crippen LogP contribution in [-0.2, 0) is 14.8 Å². The smallest absolute Gasteiger partial charge is 0.410 e. The first-order chi connectivity index (χ1) is 12.5. The molecule has 2 heterocycles. The minimum Gasteiger partial charge on any atom is -0.444 e. The molecule has 3 N–H and O–H groups in total. The highest BCUT2D eigenvalue weighted by molar-refractivity contribution is 7.89. The fourth-order valence-corrected chi connectivity index (χ4v) is 3.46. The normalized spacial score (nSPS) is 17.8. The van der Waals surface area contributed by atoms with Crippen molar-refractivity contribution in [2.75, 3.05) is 25.0 Å². The van der Waals surface area contributed by atoms with Crippen molar-refractivity contribution in [1.29, 1.82) is 0 Å². The lowest BCUT2D eigenvalue weighted by atomic mass is 10.0. The summed E-state index contributed by atoms with van der Waals surface area (Å²) in [7, 11) is -3.75. The second-order valence-corrected chi connectivity index (χ2v) is 9.44. The molecule has 1 fully saturated rings. The highest BCUT2D eigenvalue weighted by Gasteiger charge is 2.29. The lowest BCUT2D eigenvalue weighted by Gasteiger charge is -2.24. The fraction of sp³-hybridized carbons (Fsp3) is 0.667. The molecule has 9 heteroatoms. The van der Waals surface area contributed by atoms with Gasteiger partial charge in [-0.05, 0) is 58.1 Å². The van der Waals surface area contributed by atoms with Gasteiger partial charge in [0.25, 0.3) is 10.0 Å². The molecular formula is C18H30N4O4S. The summed E-state index contributed by atoms with van der Waals surface area (Å²) in [6.45, 7) is 7.94. The first kappa shape index (κ1) is 21.4. The molecule has 2 rings (SSSR count). The minimum atomic E-state index is -3.75. The van der Waals surface area contributed by atoms with Crippen LogP contribution >= 0.6 is 0 Å². The molecule has 1 aromatic rings. The number of primary sulfonamides is 1. The van der Waals surface area contributed by atoms with Crippen LogP contribution in [0.4, 0.5) is 10.5 Å². The standard InChI is InChI=1S/C18H30N4O4S/c1-18(2,3)26-17(23)22-11-9-14(13-22)6-4-5-10-20-15-7-8-16(21-12-15)27(19,24)25/h7-8,12,14,20H,4-6,9-11,13H2,1-3H3,(H2,19,24,25). The lowest BCUT2D eigenvalue weighted by molar-refractivity contribution is 0.0287. The number of likely N-dealkylation sites (tertiary alicyclic amines) is 1. The second kappa shape index (κ2) is 8.88. The predicted octanol–water partition coefficient (Wildman–Crippen LogP) is 2.57. The van der Waals surface area contributed by atoms with Crippen LogP contribution in [-0.4, -0.2) is 49.6 Å². The van der Waals surface area contributed by atoms with E-state index in [0.29, 0.717) is 5.92 Å². The van der Waals surface area contributed by atoms with E-state index in [4.69, 9.17) is 9.88 Å². The number of ether oxygens (including phenoxy) is 1. The maximum atomic E-state index is 12.1. The van der Waals surface area contributed by atoms with Crippen molar-refractivity contribution in [3.8, 4) is 0 Å². The number of nitrogens with two attached hydrogens (primary N) is 1. The number of hydrogen-bond acceptors (Lipinski definition) is 6. The minimum absolute atomic E-state index is 0.135. The molecule has 0 spiro atoms. The zero-order chi connectivity index (χ0) is 20.1. The summed E-state index contributed by atoms with van der Waals surface area (Å²) in [6, 6.07) is 3.05. The lowest BCUT2D eigenvalue weighted by Crippen LogP contribution is -2.35. The molecule has 152 valence electrons. The molecule has 8 nitrogen and oxygen atoms in total. The van der Waals surface area contributed by atoms with E-state index in [2.05, 4.69) is 10.3 Å². The molecule has 0 aromatic carbocycles. The Morgan fingerprint density at radius 3 is 2.70 bits per heavy atom. The van der Waals surface area contributed by atoms with Gasteiger partial charge in [0.2, 0.25) is 0 Å². The summed E-state index contributed by atoms with van der Waals surface area (Å²) in [5.41, 5.74) is 0.307. The van der Waals surface area contributed by atoms with Gasteiger partial charge in [0.05, 0.1) is 11.9 Å². The maximum absolute atomic E-state index is 12.1. The summed E-state index contributed by atoms with van der Waals surface area (Å²) in [6.07, 6.45) is 5.38. The SMILES string of the molecule is CC(C)(C)OC(=O)N1CCC(CCCCNc2ccc(S(N)(=O)=O)nc2)C1. The van der Waals surface area contributed by atoms with Crippen LogP contribution in [0.1, 0.15) is 46.5 Å². The number of carbonyl (C=O) groups excluding carboxylic acids is 1. The average molecular weight is 399 g/mol. The molecule has 0 bridgehead atoms. The van der Waals surface area contributed by atoms with Crippen molar-refractivity contribution in [3.05, 3.63) is 18.3 Å². The van der Waals surface area contributed by atoms with Crippen molar-refractivity contribution in [3.63, 3.8) is 0 Å². The zero-order valence-electron chi connectivity index (χ0n) is 16.3. The monoisotopic (exact) mass is 398 g/mol. The first-order valence-corrected chi connectivity index (χ1v) is 10.8. The third-order valence-corrected chi connectivity index (χ3v) is 5.16. The van der Waals surface area contributed by atoms with E-state index in [1.807, 2.05) is 20.8 Å². The first-order valence-electron chi connectivity index (χ1n) is 9.25. The molecule has 0 aliphatic carbocycles. The van der Waals surface area contributed by atoms with Gasteiger partial charge < -0.3 is 15.0 Å². The molecule has 1 aliphatic heterocycles. The molecule has 1 aliphatic rings. The molecule has 1 amide bonds. The Kier molecular flexibility index (Phi) is 7.05. The van der Waals surface area contributed by atoms with E-state index < -0.39 is 15.6 Å². The number of nitrogens with zero attached hydrogens (tertiary/aromatic N) is 2. The Morgan fingerprint density at radius 1 is 1.37 bits per heavy atom. The predicted molar refractivity (Wildman–Crippen MR) is 104 cm³/mol. The Bertz CT molecular complexity index is 729. The Morgan fingerprint density at radius 2 is 2.11 bits per heavy atom. The van der Waals surface area contributed by atoms with Gasteiger partial charge in [0, 0.05) is 19.6 Å². The highest BCUT2D eigenvalue weighted by atomic mass is 32.2. The van der Waals surface area contributed by atoms with E-state index in [1.54, 1.807) is 11.0 Å². The average Bonchev–Trinajstić information content (AvgIpc) is 3.02. The number of carbonyl (C=O) groups is 1. The van der Waals surface area contributed by atoms with Crippen LogP contribution in [0.2, 0.25) is 0 Å². The third-order valence-electron chi connectivity index (χ3n) is 4.33. The van der Waals surface area contributed by atoms with Crippen molar-refractivity contribution in [2.24, 2.45) is 11.1 Å². The third kappa shape index (κ3) is 7.34. The van der Waals surface area contributed by atoms with Gasteiger partial charge in [-0.25, -0.2) is 23.3 Å². The Hall–Kier alpha value is -1.87. The van der Waals surface area contributed by atoms with E-state index in [9.17, 15) is 13.2 Å². The molecular weight excluding hydrogens is 368 g/mol. The van der Waals surface area contributed by atoms with Crippen molar-refractivity contribution in [1.82, 2.24) is 9.88 Å². The topological polar surface area (TPSA) is 115 Å². The molecule has 1 unspecified atom stereocenters. The number of pyridine rings is 1. The van der Waals surface area contributed by atoms with Gasteiger partial charge in [-0.1, -0.05) is 6.42 Å². The molecule has 1 saturated heterocycles. The highest BCUT2D eigenvalue weighted by Crippen LogP contribution is 2.23. The summed E-state index contributed by atoms with van der Waals surface area (Å²) < 4.78 is 27.7. The molecule has 1 atom stereocenters. The molecule has 27 heavy (non-hydrogen) atoms. The van der Waals surface area contributed by atoms with Crippen molar-refractivity contribution < 1.29 is 17.9 Å². The summed E-state index contributed by atoms with van der Waals surface area (Å²) in [4.78, 5) is 17.7.